The van der Waals surface area contributed by atoms with Crippen LogP contribution in [0.25, 0.3) is 0 Å². The minimum Gasteiger partial charge on any atom is -0.383 e. The Labute approximate surface area is 144 Å². The normalized spacial score (nSPS) is 21.5. The molecular formula is C15H26Cl2N4O. The van der Waals surface area contributed by atoms with Gasteiger partial charge in [0.25, 0.3) is 0 Å². The Hall–Kier alpha value is -0.590. The first kappa shape index (κ1) is 19.5. The number of hydrogen-bond acceptors (Lipinski definition) is 5. The first-order chi connectivity index (χ1) is 9.86. The topological polar surface area (TPSA) is 63.4 Å². The quantitative estimate of drug-likeness (QED) is 0.873. The molecule has 0 amide bonds. The van der Waals surface area contributed by atoms with Crippen molar-refractivity contribution in [3.8, 4) is 0 Å². The Bertz CT molecular complexity index is 419. The lowest BCUT2D eigenvalue weighted by atomic mass is 9.85. The second-order valence-electron chi connectivity index (χ2n) is 5.66. The molecule has 5 nitrogen and oxygen atoms in total. The zero-order valence-electron chi connectivity index (χ0n) is 12.7. The molecule has 126 valence electrons. The van der Waals surface area contributed by atoms with Gasteiger partial charge in [0.1, 0.15) is 5.82 Å². The smallest absolute Gasteiger partial charge is 0.128 e. The number of nitrogens with two attached hydrogens (primary N) is 1. The van der Waals surface area contributed by atoms with Crippen LogP contribution in [0.3, 0.4) is 0 Å². The van der Waals surface area contributed by atoms with Crippen LogP contribution in [-0.4, -0.2) is 49.3 Å². The SMILES string of the molecule is Cl.Cl.Nc1ncccc1[C@@H](C1CCOCC1)N1CCNCC1. The number of anilines is 1. The fourth-order valence-corrected chi connectivity index (χ4v) is 3.42. The van der Waals surface area contributed by atoms with Gasteiger partial charge in [-0.2, -0.15) is 0 Å². The van der Waals surface area contributed by atoms with Crippen LogP contribution in [-0.2, 0) is 4.74 Å². The lowest BCUT2D eigenvalue weighted by Gasteiger charge is -2.41. The van der Waals surface area contributed by atoms with Gasteiger partial charge in [-0.1, -0.05) is 6.07 Å². The van der Waals surface area contributed by atoms with E-state index in [2.05, 4.69) is 21.3 Å². The van der Waals surface area contributed by atoms with Crippen molar-refractivity contribution < 1.29 is 4.74 Å². The molecule has 22 heavy (non-hydrogen) atoms. The van der Waals surface area contributed by atoms with E-state index in [0.717, 1.165) is 52.2 Å². The standard InChI is InChI=1S/C15H24N4O.2ClH/c16-15-13(2-1-5-18-15)14(12-3-10-20-11-4-12)19-8-6-17-7-9-19;;/h1-2,5,12,14,17H,3-4,6-11H2,(H2,16,18);2*1H/t14-;;/m1../s1. The highest BCUT2D eigenvalue weighted by molar-refractivity contribution is 5.85. The van der Waals surface area contributed by atoms with E-state index in [9.17, 15) is 0 Å². The number of piperazine rings is 1. The van der Waals surface area contributed by atoms with E-state index < -0.39 is 0 Å². The predicted molar refractivity (Wildman–Crippen MR) is 93.9 cm³/mol. The Morgan fingerprint density at radius 2 is 1.91 bits per heavy atom. The molecule has 1 aromatic heterocycles. The molecule has 3 rings (SSSR count). The molecule has 0 aromatic carbocycles. The summed E-state index contributed by atoms with van der Waals surface area (Å²) in [6, 6.07) is 4.53. The first-order valence-electron chi connectivity index (χ1n) is 7.59. The average molecular weight is 349 g/mol. The van der Waals surface area contributed by atoms with Crippen LogP contribution >= 0.6 is 24.8 Å². The highest BCUT2D eigenvalue weighted by atomic mass is 35.5. The van der Waals surface area contributed by atoms with Crippen molar-refractivity contribution in [1.29, 1.82) is 0 Å². The summed E-state index contributed by atoms with van der Waals surface area (Å²) in [6.07, 6.45) is 4.00. The summed E-state index contributed by atoms with van der Waals surface area (Å²) in [5, 5.41) is 3.43. The molecule has 0 aliphatic carbocycles. The predicted octanol–water partition coefficient (Wildman–Crippen LogP) is 1.88. The van der Waals surface area contributed by atoms with Gasteiger partial charge in [-0.05, 0) is 24.8 Å². The molecular weight excluding hydrogens is 323 g/mol. The van der Waals surface area contributed by atoms with Gasteiger partial charge in [0.2, 0.25) is 0 Å². The highest BCUT2D eigenvalue weighted by Crippen LogP contribution is 2.36. The molecule has 7 heteroatoms. The maximum Gasteiger partial charge on any atom is 0.128 e. The molecule has 0 saturated carbocycles. The number of nitrogens with zero attached hydrogens (tertiary/aromatic N) is 2. The summed E-state index contributed by atoms with van der Waals surface area (Å²) in [5.74, 6) is 1.30. The van der Waals surface area contributed by atoms with Crippen molar-refractivity contribution in [2.75, 3.05) is 45.1 Å². The second kappa shape index (κ2) is 9.53. The molecule has 0 unspecified atom stereocenters. The van der Waals surface area contributed by atoms with E-state index in [4.69, 9.17) is 10.5 Å². The van der Waals surface area contributed by atoms with Gasteiger partial charge in [-0.3, -0.25) is 4.90 Å². The fraction of sp³-hybridized carbons (Fsp3) is 0.667. The highest BCUT2D eigenvalue weighted by Gasteiger charge is 2.32. The van der Waals surface area contributed by atoms with Crippen molar-refractivity contribution in [2.24, 2.45) is 5.92 Å². The zero-order valence-corrected chi connectivity index (χ0v) is 14.4. The van der Waals surface area contributed by atoms with Crippen LogP contribution in [0.1, 0.15) is 24.4 Å². The summed E-state index contributed by atoms with van der Waals surface area (Å²) in [5.41, 5.74) is 7.35. The number of rotatable bonds is 3. The van der Waals surface area contributed by atoms with Crippen LogP contribution in [0.15, 0.2) is 18.3 Å². The van der Waals surface area contributed by atoms with Crippen LogP contribution in [0.2, 0.25) is 0 Å². The monoisotopic (exact) mass is 348 g/mol. The van der Waals surface area contributed by atoms with Crippen LogP contribution in [0.5, 0.6) is 0 Å². The van der Waals surface area contributed by atoms with E-state index in [1.165, 1.54) is 5.56 Å². The van der Waals surface area contributed by atoms with Gasteiger partial charge in [-0.25, -0.2) is 4.98 Å². The van der Waals surface area contributed by atoms with Crippen LogP contribution in [0, 0.1) is 5.92 Å². The van der Waals surface area contributed by atoms with Crippen molar-refractivity contribution in [2.45, 2.75) is 18.9 Å². The molecule has 2 aliphatic rings. The molecule has 2 aliphatic heterocycles. The third-order valence-corrected chi connectivity index (χ3v) is 4.45. The van der Waals surface area contributed by atoms with Crippen molar-refractivity contribution in [3.63, 3.8) is 0 Å². The third kappa shape index (κ3) is 4.46. The number of hydrogen-bond donors (Lipinski definition) is 2. The van der Waals surface area contributed by atoms with E-state index in [0.29, 0.717) is 17.8 Å². The number of halogens is 2. The lowest BCUT2D eigenvalue weighted by molar-refractivity contribution is 0.0214. The van der Waals surface area contributed by atoms with Crippen LogP contribution in [0.4, 0.5) is 5.82 Å². The van der Waals surface area contributed by atoms with Gasteiger partial charge >= 0.3 is 0 Å². The van der Waals surface area contributed by atoms with E-state index in [1.807, 2.05) is 6.07 Å². The number of nitrogen functional groups attached to an aromatic ring is 1. The molecule has 3 N–H and O–H groups in total. The zero-order chi connectivity index (χ0) is 13.8. The summed E-state index contributed by atoms with van der Waals surface area (Å²) in [7, 11) is 0. The molecule has 1 atom stereocenters. The van der Waals surface area contributed by atoms with Crippen molar-refractivity contribution in [1.82, 2.24) is 15.2 Å². The Balaban J connectivity index is 0.00000121. The Kier molecular flexibility index (Phi) is 8.43. The van der Waals surface area contributed by atoms with Crippen molar-refractivity contribution >= 4 is 30.6 Å². The van der Waals surface area contributed by atoms with Gasteiger partial charge in [0.15, 0.2) is 0 Å². The molecule has 0 radical (unpaired) electrons. The van der Waals surface area contributed by atoms with Crippen LogP contribution < -0.4 is 11.1 Å². The molecule has 2 saturated heterocycles. The fourth-order valence-electron chi connectivity index (χ4n) is 3.42. The van der Waals surface area contributed by atoms with E-state index in [1.54, 1.807) is 6.20 Å². The maximum absolute atomic E-state index is 6.15. The molecule has 1 aromatic rings. The number of ether oxygens (including phenoxy) is 1. The largest absolute Gasteiger partial charge is 0.383 e. The van der Waals surface area contributed by atoms with Crippen molar-refractivity contribution in [3.05, 3.63) is 23.9 Å². The molecule has 0 spiro atoms. The van der Waals surface area contributed by atoms with Gasteiger partial charge < -0.3 is 15.8 Å². The molecule has 2 fully saturated rings. The van der Waals surface area contributed by atoms with E-state index >= 15 is 0 Å². The van der Waals surface area contributed by atoms with E-state index in [-0.39, 0.29) is 24.8 Å². The minimum atomic E-state index is 0. The van der Waals surface area contributed by atoms with Gasteiger partial charge in [0, 0.05) is 57.2 Å². The summed E-state index contributed by atoms with van der Waals surface area (Å²) in [6.45, 7) is 6.01. The summed E-state index contributed by atoms with van der Waals surface area (Å²) >= 11 is 0. The van der Waals surface area contributed by atoms with Gasteiger partial charge in [-0.15, -0.1) is 24.8 Å². The number of aromatic nitrogens is 1. The third-order valence-electron chi connectivity index (χ3n) is 4.45. The number of pyridine rings is 1. The van der Waals surface area contributed by atoms with Gasteiger partial charge in [0.05, 0.1) is 0 Å². The average Bonchev–Trinajstić information content (AvgIpc) is 2.52. The second-order valence-corrected chi connectivity index (χ2v) is 5.66. The Morgan fingerprint density at radius 3 is 2.55 bits per heavy atom. The first-order valence-corrected chi connectivity index (χ1v) is 7.59. The molecule has 3 heterocycles. The lowest BCUT2D eigenvalue weighted by Crippen LogP contribution is -2.47. The summed E-state index contributed by atoms with van der Waals surface area (Å²) < 4.78 is 5.53. The maximum atomic E-state index is 6.15. The minimum absolute atomic E-state index is 0. The Morgan fingerprint density at radius 1 is 1.23 bits per heavy atom. The molecule has 0 bridgehead atoms. The summed E-state index contributed by atoms with van der Waals surface area (Å²) in [4.78, 5) is 6.86. The number of nitrogens with one attached hydrogen (secondary N) is 1.